The normalized spacial score (nSPS) is 24.3. The van der Waals surface area contributed by atoms with E-state index in [1.807, 2.05) is 53.7 Å². The number of sulfone groups is 1. The molecular weight excluding hydrogens is 428 g/mol. The molecule has 1 aromatic heterocycles. The molecule has 7 heteroatoms. The summed E-state index contributed by atoms with van der Waals surface area (Å²) in [5.74, 6) is 0.498. The summed E-state index contributed by atoms with van der Waals surface area (Å²) in [7, 11) is -3.31. The molecule has 174 valence electrons. The van der Waals surface area contributed by atoms with Crippen LogP contribution in [0.4, 0.5) is 0 Å². The number of nitrogens with zero attached hydrogens (tertiary/aromatic N) is 1. The van der Waals surface area contributed by atoms with Gasteiger partial charge in [0.15, 0.2) is 9.84 Å². The van der Waals surface area contributed by atoms with Crippen LogP contribution in [-0.4, -0.2) is 50.2 Å². The average molecular weight is 467 g/mol. The van der Waals surface area contributed by atoms with Gasteiger partial charge in [0.25, 0.3) is 5.91 Å². The lowest BCUT2D eigenvalue weighted by molar-refractivity contribution is 0.0896. The van der Waals surface area contributed by atoms with Crippen LogP contribution in [0.2, 0.25) is 0 Å². The van der Waals surface area contributed by atoms with E-state index in [4.69, 9.17) is 0 Å². The molecule has 2 bridgehead atoms. The number of thiophene rings is 1. The summed E-state index contributed by atoms with van der Waals surface area (Å²) in [5, 5.41) is 4.09. The minimum absolute atomic E-state index is 0.0642. The monoisotopic (exact) mass is 466 g/mol. The van der Waals surface area contributed by atoms with Crippen LogP contribution >= 0.6 is 11.3 Å². The van der Waals surface area contributed by atoms with Crippen LogP contribution in [0.5, 0.6) is 0 Å². The summed E-state index contributed by atoms with van der Waals surface area (Å²) >= 11 is 1.28. The molecule has 1 saturated carbocycles. The van der Waals surface area contributed by atoms with E-state index in [2.05, 4.69) is 10.2 Å². The van der Waals surface area contributed by atoms with Crippen molar-refractivity contribution in [2.24, 2.45) is 5.92 Å². The van der Waals surface area contributed by atoms with Gasteiger partial charge in [-0.2, -0.15) is 0 Å². The van der Waals surface area contributed by atoms with Gasteiger partial charge in [-0.15, -0.1) is 11.3 Å². The molecule has 31 heavy (non-hydrogen) atoms. The lowest BCUT2D eigenvalue weighted by Gasteiger charge is -2.33. The first-order valence-electron chi connectivity index (χ1n) is 11.7. The van der Waals surface area contributed by atoms with Gasteiger partial charge < -0.3 is 5.32 Å². The van der Waals surface area contributed by atoms with E-state index < -0.39 is 9.84 Å². The SMILES string of the molecule is CC.CC.CC.CS(=O)(=O)c1cccc2cc(C(=O)NC3C4CCN(C4)C34CC4)sc12. The molecule has 2 saturated heterocycles. The molecule has 1 spiro atoms. The maximum atomic E-state index is 12.9. The number of amides is 1. The molecular formula is C24H38N2O3S2. The van der Waals surface area contributed by atoms with Crippen molar-refractivity contribution in [2.75, 3.05) is 19.3 Å². The third-order valence-corrected chi connectivity index (χ3v) is 8.54. The number of carbonyl (C=O) groups excluding carboxylic acids is 1. The molecule has 3 fully saturated rings. The Morgan fingerprint density at radius 3 is 2.35 bits per heavy atom. The van der Waals surface area contributed by atoms with Gasteiger partial charge in [0.1, 0.15) is 0 Å². The second-order valence-electron chi connectivity index (χ2n) is 7.61. The number of hydrogen-bond donors (Lipinski definition) is 1. The molecule has 0 radical (unpaired) electrons. The van der Waals surface area contributed by atoms with Gasteiger partial charge in [-0.1, -0.05) is 53.7 Å². The van der Waals surface area contributed by atoms with Crippen molar-refractivity contribution in [1.29, 1.82) is 0 Å². The van der Waals surface area contributed by atoms with Crippen LogP contribution in [0.25, 0.3) is 10.1 Å². The number of piperidine rings is 1. The molecule has 1 aromatic carbocycles. The molecule has 2 aliphatic heterocycles. The number of hydrogen-bond acceptors (Lipinski definition) is 5. The maximum absolute atomic E-state index is 12.9. The van der Waals surface area contributed by atoms with Crippen LogP contribution < -0.4 is 5.32 Å². The minimum atomic E-state index is -3.31. The number of benzene rings is 1. The quantitative estimate of drug-likeness (QED) is 0.662. The molecule has 1 aliphatic carbocycles. The molecule has 3 aliphatic rings. The topological polar surface area (TPSA) is 66.5 Å². The summed E-state index contributed by atoms with van der Waals surface area (Å²) in [6.45, 7) is 14.3. The zero-order chi connectivity index (χ0) is 23.4. The third kappa shape index (κ3) is 4.83. The van der Waals surface area contributed by atoms with Gasteiger partial charge in [0, 0.05) is 18.3 Å². The van der Waals surface area contributed by atoms with Crippen LogP contribution in [0.1, 0.15) is 70.5 Å². The summed E-state index contributed by atoms with van der Waals surface area (Å²) < 4.78 is 24.6. The van der Waals surface area contributed by atoms with Gasteiger partial charge in [-0.25, -0.2) is 8.42 Å². The predicted octanol–water partition coefficient (Wildman–Crippen LogP) is 5.35. The second kappa shape index (κ2) is 10.5. The first-order valence-corrected chi connectivity index (χ1v) is 14.4. The number of nitrogens with one attached hydrogen (secondary N) is 1. The van der Waals surface area contributed by atoms with E-state index in [0.717, 1.165) is 24.9 Å². The van der Waals surface area contributed by atoms with Crippen LogP contribution in [-0.2, 0) is 9.84 Å². The summed E-state index contributed by atoms with van der Waals surface area (Å²) in [6, 6.07) is 7.27. The van der Waals surface area contributed by atoms with Crippen LogP contribution in [0.15, 0.2) is 29.2 Å². The third-order valence-electron chi connectivity index (χ3n) is 6.08. The van der Waals surface area contributed by atoms with E-state index >= 15 is 0 Å². The number of rotatable bonds is 3. The van der Waals surface area contributed by atoms with E-state index in [1.54, 1.807) is 12.1 Å². The Bertz CT molecular complexity index is 993. The molecule has 1 N–H and O–H groups in total. The highest BCUT2D eigenvalue weighted by Gasteiger charge is 2.63. The van der Waals surface area contributed by atoms with Gasteiger partial charge in [-0.3, -0.25) is 9.69 Å². The number of carbonyl (C=O) groups is 1. The van der Waals surface area contributed by atoms with Gasteiger partial charge in [0.2, 0.25) is 0 Å². The van der Waals surface area contributed by atoms with Gasteiger partial charge in [-0.05, 0) is 49.2 Å². The summed E-state index contributed by atoms with van der Waals surface area (Å²) in [5.41, 5.74) is 0.215. The van der Waals surface area contributed by atoms with Gasteiger partial charge >= 0.3 is 0 Å². The average Bonchev–Trinajstić information content (AvgIpc) is 3.14. The zero-order valence-corrected chi connectivity index (χ0v) is 21.6. The van der Waals surface area contributed by atoms with Gasteiger partial charge in [0.05, 0.1) is 20.5 Å². The highest BCUT2D eigenvalue weighted by Crippen LogP contribution is 2.55. The first-order chi connectivity index (χ1) is 14.9. The Kier molecular flexibility index (Phi) is 8.70. The Morgan fingerprint density at radius 1 is 1.13 bits per heavy atom. The second-order valence-corrected chi connectivity index (χ2v) is 10.6. The fourth-order valence-electron chi connectivity index (χ4n) is 4.76. The Labute approximate surface area is 192 Å². The van der Waals surface area contributed by atoms with Crippen molar-refractivity contribution in [3.8, 4) is 0 Å². The maximum Gasteiger partial charge on any atom is 0.261 e. The minimum Gasteiger partial charge on any atom is -0.346 e. The van der Waals surface area contributed by atoms with Crippen molar-refractivity contribution in [3.05, 3.63) is 29.1 Å². The van der Waals surface area contributed by atoms with Crippen molar-refractivity contribution >= 4 is 37.2 Å². The lowest BCUT2D eigenvalue weighted by atomic mass is 9.92. The van der Waals surface area contributed by atoms with Crippen molar-refractivity contribution in [1.82, 2.24) is 10.2 Å². The Hall–Kier alpha value is -1.44. The van der Waals surface area contributed by atoms with Crippen molar-refractivity contribution in [3.63, 3.8) is 0 Å². The fourth-order valence-corrected chi connectivity index (χ4v) is 7.09. The van der Waals surface area contributed by atoms with E-state index in [0.29, 0.717) is 20.4 Å². The Balaban J connectivity index is 0.000000527. The summed E-state index contributed by atoms with van der Waals surface area (Å²) in [4.78, 5) is 16.3. The first kappa shape index (κ1) is 25.8. The summed E-state index contributed by atoms with van der Waals surface area (Å²) in [6.07, 6.45) is 4.73. The fraction of sp³-hybridized carbons (Fsp3) is 0.625. The molecule has 3 heterocycles. The van der Waals surface area contributed by atoms with E-state index in [9.17, 15) is 13.2 Å². The molecule has 1 amide bonds. The molecule has 2 aromatic rings. The largest absolute Gasteiger partial charge is 0.346 e. The smallest absolute Gasteiger partial charge is 0.261 e. The predicted molar refractivity (Wildman–Crippen MR) is 132 cm³/mol. The highest BCUT2D eigenvalue weighted by atomic mass is 32.2. The van der Waals surface area contributed by atoms with Crippen molar-refractivity contribution < 1.29 is 13.2 Å². The molecule has 3 atom stereocenters. The number of fused-ring (bicyclic) bond motifs is 4. The lowest BCUT2D eigenvalue weighted by Crippen LogP contribution is -2.51. The molecule has 3 unspecified atom stereocenters. The highest BCUT2D eigenvalue weighted by molar-refractivity contribution is 7.91. The van der Waals surface area contributed by atoms with Crippen LogP contribution in [0.3, 0.4) is 0 Å². The molecule has 5 nitrogen and oxygen atoms in total. The standard InChI is InChI=1S/C18H20N2O3S2.3C2H6/c1-25(22,23)14-4-2-3-11-9-13(24-15(11)14)17(21)19-16-12-5-8-20(10-12)18(16)6-7-18;3*1-2/h2-4,9,12,16H,5-8,10H2,1H3,(H,19,21);3*1-2H3. The zero-order valence-electron chi connectivity index (χ0n) is 20.0. The van der Waals surface area contributed by atoms with Crippen molar-refractivity contribution in [2.45, 2.75) is 77.3 Å². The Morgan fingerprint density at radius 2 is 1.77 bits per heavy atom. The molecule has 5 rings (SSSR count). The van der Waals surface area contributed by atoms with E-state index in [1.165, 1.54) is 30.4 Å². The van der Waals surface area contributed by atoms with Crippen LogP contribution in [0, 0.1) is 5.92 Å². The van der Waals surface area contributed by atoms with E-state index in [-0.39, 0.29) is 17.5 Å².